The third-order valence-corrected chi connectivity index (χ3v) is 4.79. The van der Waals surface area contributed by atoms with Crippen LogP contribution in [0.3, 0.4) is 0 Å². The Hall–Kier alpha value is -4.93. The zero-order valence-electron chi connectivity index (χ0n) is 19.1. The van der Waals surface area contributed by atoms with Crippen LogP contribution in [0, 0.1) is 10.1 Å². The number of hydrogen-bond acceptors (Lipinski definition) is 8. The molecule has 11 heteroatoms. The fourth-order valence-electron chi connectivity index (χ4n) is 3.07. The molecule has 11 nitrogen and oxygen atoms in total. The van der Waals surface area contributed by atoms with E-state index in [1.54, 1.807) is 12.1 Å². The van der Waals surface area contributed by atoms with Gasteiger partial charge in [0, 0.05) is 34.5 Å². The number of nitro benzene ring substituents is 1. The second kappa shape index (κ2) is 11.3. The highest BCUT2D eigenvalue weighted by atomic mass is 16.6. The summed E-state index contributed by atoms with van der Waals surface area (Å²) in [5.41, 5.74) is 3.71. The Morgan fingerprint density at radius 3 is 2.11 bits per heavy atom. The lowest BCUT2D eigenvalue weighted by Gasteiger charge is -2.12. The standard InChI is InChI=1S/C24H22N4O7/c1-33-20-11-15(12-21(34-2)22(20)35-3)14-25-27-24(30)16-7-9-18(10-8-16)26-23(29)17-5-4-6-19(13-17)28(31)32/h4-14H,1-3H3,(H,26,29)(H,27,30). The van der Waals surface area contributed by atoms with Crippen LogP contribution in [0.25, 0.3) is 0 Å². The normalized spacial score (nSPS) is 10.5. The Morgan fingerprint density at radius 1 is 0.886 bits per heavy atom. The van der Waals surface area contributed by atoms with Crippen LogP contribution in [0.5, 0.6) is 17.2 Å². The van der Waals surface area contributed by atoms with Crippen molar-refractivity contribution >= 4 is 29.4 Å². The van der Waals surface area contributed by atoms with Gasteiger partial charge in [-0.15, -0.1) is 0 Å². The second-order valence-electron chi connectivity index (χ2n) is 7.00. The number of ether oxygens (including phenoxy) is 3. The molecular weight excluding hydrogens is 456 g/mol. The van der Waals surface area contributed by atoms with E-state index in [-0.39, 0.29) is 11.3 Å². The van der Waals surface area contributed by atoms with Crippen molar-refractivity contribution in [3.63, 3.8) is 0 Å². The lowest BCUT2D eigenvalue weighted by atomic mass is 10.1. The van der Waals surface area contributed by atoms with Crippen molar-refractivity contribution in [3.05, 3.63) is 87.5 Å². The maximum absolute atomic E-state index is 12.4. The summed E-state index contributed by atoms with van der Waals surface area (Å²) in [5, 5.41) is 17.5. The van der Waals surface area contributed by atoms with E-state index < -0.39 is 16.7 Å². The molecule has 0 saturated heterocycles. The molecule has 3 rings (SSSR count). The first kappa shape index (κ1) is 24.7. The Labute approximate surface area is 200 Å². The molecule has 3 aromatic rings. The van der Waals surface area contributed by atoms with Crippen molar-refractivity contribution < 1.29 is 28.7 Å². The van der Waals surface area contributed by atoms with Crippen LogP contribution in [0.2, 0.25) is 0 Å². The molecule has 35 heavy (non-hydrogen) atoms. The first-order chi connectivity index (χ1) is 16.9. The van der Waals surface area contributed by atoms with Crippen molar-refractivity contribution in [1.29, 1.82) is 0 Å². The lowest BCUT2D eigenvalue weighted by molar-refractivity contribution is -0.384. The Bertz CT molecular complexity index is 1250. The third kappa shape index (κ3) is 6.11. The van der Waals surface area contributed by atoms with Crippen molar-refractivity contribution in [2.45, 2.75) is 0 Å². The molecule has 0 aliphatic heterocycles. The Kier molecular flexibility index (Phi) is 7.96. The number of nitrogens with one attached hydrogen (secondary N) is 2. The molecule has 0 atom stereocenters. The number of nitro groups is 1. The van der Waals surface area contributed by atoms with E-state index in [0.717, 1.165) is 0 Å². The number of benzene rings is 3. The van der Waals surface area contributed by atoms with Gasteiger partial charge in [0.15, 0.2) is 11.5 Å². The quantitative estimate of drug-likeness (QED) is 0.272. The first-order valence-corrected chi connectivity index (χ1v) is 10.2. The van der Waals surface area contributed by atoms with Gasteiger partial charge in [-0.1, -0.05) is 6.07 Å². The number of carbonyl (C=O) groups is 2. The van der Waals surface area contributed by atoms with Crippen LogP contribution in [0.4, 0.5) is 11.4 Å². The number of anilines is 1. The minimum atomic E-state index is -0.575. The van der Waals surface area contributed by atoms with E-state index in [9.17, 15) is 19.7 Å². The molecule has 3 aromatic carbocycles. The van der Waals surface area contributed by atoms with Gasteiger partial charge < -0.3 is 19.5 Å². The van der Waals surface area contributed by atoms with Gasteiger partial charge in [-0.05, 0) is 42.5 Å². The van der Waals surface area contributed by atoms with E-state index in [2.05, 4.69) is 15.8 Å². The number of amides is 2. The summed E-state index contributed by atoms with van der Waals surface area (Å²) in [7, 11) is 4.49. The molecule has 0 spiro atoms. The van der Waals surface area contributed by atoms with E-state index in [1.165, 1.54) is 76.1 Å². The molecule has 0 aliphatic carbocycles. The van der Waals surface area contributed by atoms with Crippen LogP contribution in [-0.2, 0) is 0 Å². The van der Waals surface area contributed by atoms with Gasteiger partial charge in [0.1, 0.15) is 0 Å². The minimum absolute atomic E-state index is 0.141. The average molecular weight is 478 g/mol. The maximum Gasteiger partial charge on any atom is 0.271 e. The minimum Gasteiger partial charge on any atom is -0.493 e. The number of hydrazone groups is 1. The molecule has 0 fully saturated rings. The number of rotatable bonds is 9. The first-order valence-electron chi connectivity index (χ1n) is 10.2. The summed E-state index contributed by atoms with van der Waals surface area (Å²) < 4.78 is 15.8. The van der Waals surface area contributed by atoms with Crippen molar-refractivity contribution in [1.82, 2.24) is 5.43 Å². The van der Waals surface area contributed by atoms with Gasteiger partial charge in [-0.3, -0.25) is 19.7 Å². The summed E-state index contributed by atoms with van der Waals surface area (Å²) in [6.45, 7) is 0. The molecule has 0 heterocycles. The summed E-state index contributed by atoms with van der Waals surface area (Å²) in [5.74, 6) is 0.352. The molecule has 0 radical (unpaired) electrons. The van der Waals surface area contributed by atoms with E-state index in [0.29, 0.717) is 34.1 Å². The average Bonchev–Trinajstić information content (AvgIpc) is 2.88. The van der Waals surface area contributed by atoms with Crippen LogP contribution in [0.1, 0.15) is 26.3 Å². The molecule has 0 aliphatic rings. The summed E-state index contributed by atoms with van der Waals surface area (Å²) >= 11 is 0. The third-order valence-electron chi connectivity index (χ3n) is 4.79. The molecule has 2 amide bonds. The second-order valence-corrected chi connectivity index (χ2v) is 7.00. The molecule has 0 unspecified atom stereocenters. The Balaban J connectivity index is 1.63. The van der Waals surface area contributed by atoms with Crippen LogP contribution >= 0.6 is 0 Å². The highest BCUT2D eigenvalue weighted by molar-refractivity contribution is 6.05. The van der Waals surface area contributed by atoms with Gasteiger partial charge in [0.2, 0.25) is 5.75 Å². The summed E-state index contributed by atoms with van der Waals surface area (Å²) in [6.07, 6.45) is 1.43. The molecule has 0 aromatic heterocycles. The highest BCUT2D eigenvalue weighted by Crippen LogP contribution is 2.37. The van der Waals surface area contributed by atoms with Gasteiger partial charge in [-0.25, -0.2) is 5.43 Å². The topological polar surface area (TPSA) is 141 Å². The number of hydrogen-bond donors (Lipinski definition) is 2. The predicted octanol–water partition coefficient (Wildman–Crippen LogP) is 3.64. The van der Waals surface area contributed by atoms with Crippen molar-refractivity contribution in [2.24, 2.45) is 5.10 Å². The zero-order chi connectivity index (χ0) is 25.4. The number of nitrogens with zero attached hydrogens (tertiary/aromatic N) is 2. The van der Waals surface area contributed by atoms with Gasteiger partial charge in [-0.2, -0.15) is 5.10 Å². The van der Waals surface area contributed by atoms with Crippen LogP contribution < -0.4 is 25.0 Å². The monoisotopic (exact) mass is 478 g/mol. The molecule has 0 saturated carbocycles. The van der Waals surface area contributed by atoms with Crippen LogP contribution in [0.15, 0.2) is 65.8 Å². The molecule has 180 valence electrons. The molecule has 2 N–H and O–H groups in total. The number of carbonyl (C=O) groups excluding carboxylic acids is 2. The fourth-order valence-corrected chi connectivity index (χ4v) is 3.07. The smallest absolute Gasteiger partial charge is 0.271 e. The largest absolute Gasteiger partial charge is 0.493 e. The predicted molar refractivity (Wildman–Crippen MR) is 129 cm³/mol. The van der Waals surface area contributed by atoms with Crippen molar-refractivity contribution in [2.75, 3.05) is 26.6 Å². The van der Waals surface area contributed by atoms with E-state index in [1.807, 2.05) is 0 Å². The summed E-state index contributed by atoms with van der Waals surface area (Å²) in [4.78, 5) is 35.1. The zero-order valence-corrected chi connectivity index (χ0v) is 19.1. The Morgan fingerprint density at radius 2 is 1.54 bits per heavy atom. The lowest BCUT2D eigenvalue weighted by Crippen LogP contribution is -2.18. The SMILES string of the molecule is COc1cc(C=NNC(=O)c2ccc(NC(=O)c3cccc([N+](=O)[O-])c3)cc2)cc(OC)c1OC. The number of methoxy groups -OCH3 is 3. The molecule has 0 bridgehead atoms. The fraction of sp³-hybridized carbons (Fsp3) is 0.125. The summed E-state index contributed by atoms with van der Waals surface area (Å²) in [6, 6.07) is 14.8. The van der Waals surface area contributed by atoms with Gasteiger partial charge in [0.05, 0.1) is 32.5 Å². The number of non-ortho nitro benzene ring substituents is 1. The van der Waals surface area contributed by atoms with E-state index in [4.69, 9.17) is 14.2 Å². The van der Waals surface area contributed by atoms with Gasteiger partial charge in [0.25, 0.3) is 17.5 Å². The maximum atomic E-state index is 12.4. The molecular formula is C24H22N4O7. The van der Waals surface area contributed by atoms with E-state index >= 15 is 0 Å². The van der Waals surface area contributed by atoms with Gasteiger partial charge >= 0.3 is 0 Å². The highest BCUT2D eigenvalue weighted by Gasteiger charge is 2.14. The van der Waals surface area contributed by atoms with Crippen molar-refractivity contribution in [3.8, 4) is 17.2 Å². The van der Waals surface area contributed by atoms with Crippen LogP contribution in [-0.4, -0.2) is 44.3 Å².